The largest absolute Gasteiger partial charge is 0.497 e. The molecule has 5 heterocycles. The molecule has 1 fully saturated rings. The van der Waals surface area contributed by atoms with Crippen LogP contribution in [0.15, 0.2) is 29.1 Å². The number of likely N-dealkylation sites (N-methyl/N-ethyl adjacent to an activating group) is 1. The number of methoxy groups -OCH3 is 1. The molecule has 9 nitrogen and oxygen atoms in total. The predicted molar refractivity (Wildman–Crippen MR) is 139 cm³/mol. The van der Waals surface area contributed by atoms with Crippen LogP contribution in [0.25, 0.3) is 22.3 Å². The molecule has 1 aromatic carbocycles. The maximum absolute atomic E-state index is 13.7. The Morgan fingerprint density at radius 2 is 1.92 bits per heavy atom. The van der Waals surface area contributed by atoms with Gasteiger partial charge in [-0.05, 0) is 43.3 Å². The van der Waals surface area contributed by atoms with Crippen LogP contribution in [-0.2, 0) is 34.7 Å². The summed E-state index contributed by atoms with van der Waals surface area (Å²) in [5.74, 6) is 0.0673. The first kappa shape index (κ1) is 24.1. The summed E-state index contributed by atoms with van der Waals surface area (Å²) < 4.78 is 12.5. The van der Waals surface area contributed by atoms with Gasteiger partial charge >= 0.3 is 5.97 Å². The molecule has 1 saturated heterocycles. The van der Waals surface area contributed by atoms with E-state index in [0.717, 1.165) is 66.1 Å². The van der Waals surface area contributed by atoms with Crippen molar-refractivity contribution in [2.75, 3.05) is 46.9 Å². The number of aliphatic hydroxyl groups is 1. The number of carbonyl (C=O) groups excluding carboxylic acids is 1. The molecule has 0 saturated carbocycles. The van der Waals surface area contributed by atoms with E-state index in [9.17, 15) is 14.7 Å². The third-order valence-corrected chi connectivity index (χ3v) is 8.24. The number of rotatable bonds is 5. The first-order chi connectivity index (χ1) is 17.8. The lowest BCUT2D eigenvalue weighted by atomic mass is 9.85. The Kier molecular flexibility index (Phi) is 5.82. The summed E-state index contributed by atoms with van der Waals surface area (Å²) in [4.78, 5) is 36.1. The van der Waals surface area contributed by atoms with Crippen LogP contribution in [0.3, 0.4) is 0 Å². The van der Waals surface area contributed by atoms with Crippen LogP contribution in [0.5, 0.6) is 5.75 Å². The average Bonchev–Trinajstić information content (AvgIpc) is 3.28. The van der Waals surface area contributed by atoms with E-state index >= 15 is 0 Å². The number of aromatic nitrogens is 2. The van der Waals surface area contributed by atoms with Crippen LogP contribution in [0, 0.1) is 0 Å². The minimum Gasteiger partial charge on any atom is -0.497 e. The molecule has 0 bridgehead atoms. The van der Waals surface area contributed by atoms with E-state index in [1.54, 1.807) is 17.7 Å². The van der Waals surface area contributed by atoms with Crippen LogP contribution in [0.4, 0.5) is 0 Å². The Balaban J connectivity index is 1.45. The maximum Gasteiger partial charge on any atom is 0.343 e. The number of pyridine rings is 2. The number of piperazine rings is 1. The number of cyclic esters (lactones) is 1. The first-order valence-corrected chi connectivity index (χ1v) is 12.9. The van der Waals surface area contributed by atoms with Gasteiger partial charge in [-0.2, -0.15) is 0 Å². The molecular formula is C28H32N4O5. The summed E-state index contributed by atoms with van der Waals surface area (Å²) in [7, 11) is 3.73. The number of hydrogen-bond donors (Lipinski definition) is 1. The highest BCUT2D eigenvalue weighted by molar-refractivity contribution is 5.90. The monoisotopic (exact) mass is 504 g/mol. The molecule has 0 radical (unpaired) electrons. The van der Waals surface area contributed by atoms with Crippen LogP contribution >= 0.6 is 0 Å². The number of fused-ring (bicyclic) bond motifs is 5. The molecule has 6 rings (SSSR count). The molecule has 9 heteroatoms. The average molecular weight is 505 g/mol. The minimum atomic E-state index is -1.87. The Morgan fingerprint density at radius 1 is 1.14 bits per heavy atom. The second-order valence-corrected chi connectivity index (χ2v) is 10.3. The van der Waals surface area contributed by atoms with Crippen molar-refractivity contribution < 1.29 is 19.4 Å². The molecule has 37 heavy (non-hydrogen) atoms. The van der Waals surface area contributed by atoms with Gasteiger partial charge in [-0.3, -0.25) is 4.79 Å². The van der Waals surface area contributed by atoms with Gasteiger partial charge in [0, 0.05) is 55.7 Å². The molecule has 1 N–H and O–H groups in total. The lowest BCUT2D eigenvalue weighted by Gasteiger charge is -2.36. The highest BCUT2D eigenvalue weighted by Crippen LogP contribution is 2.41. The second kappa shape index (κ2) is 8.93. The molecule has 0 unspecified atom stereocenters. The highest BCUT2D eigenvalue weighted by Gasteiger charge is 2.47. The normalized spacial score (nSPS) is 21.5. The van der Waals surface area contributed by atoms with Crippen molar-refractivity contribution in [2.24, 2.45) is 0 Å². The van der Waals surface area contributed by atoms with Gasteiger partial charge in [0.2, 0.25) is 0 Å². The minimum absolute atomic E-state index is 0.131. The first-order valence-electron chi connectivity index (χ1n) is 12.9. The molecule has 2 aromatic heterocycles. The third kappa shape index (κ3) is 3.75. The van der Waals surface area contributed by atoms with Gasteiger partial charge < -0.3 is 28.9 Å². The summed E-state index contributed by atoms with van der Waals surface area (Å²) in [6.45, 7) is 6.52. The van der Waals surface area contributed by atoms with Gasteiger partial charge in [-0.25, -0.2) is 9.78 Å². The molecule has 0 spiro atoms. The van der Waals surface area contributed by atoms with Crippen molar-refractivity contribution in [3.05, 3.63) is 56.9 Å². The van der Waals surface area contributed by atoms with Crippen molar-refractivity contribution >= 4 is 16.9 Å². The molecule has 3 aliphatic rings. The Morgan fingerprint density at radius 3 is 2.65 bits per heavy atom. The van der Waals surface area contributed by atoms with Crippen LogP contribution in [-0.4, -0.2) is 77.3 Å². The fourth-order valence-electron chi connectivity index (χ4n) is 5.97. The van der Waals surface area contributed by atoms with Gasteiger partial charge in [-0.1, -0.05) is 6.92 Å². The molecule has 3 aliphatic heterocycles. The molecule has 3 aromatic rings. The Labute approximate surface area is 215 Å². The van der Waals surface area contributed by atoms with Gasteiger partial charge in [0.1, 0.15) is 12.4 Å². The second-order valence-electron chi connectivity index (χ2n) is 10.3. The summed E-state index contributed by atoms with van der Waals surface area (Å²) in [5.41, 5.74) is 2.91. The van der Waals surface area contributed by atoms with Crippen LogP contribution in [0.1, 0.15) is 35.6 Å². The van der Waals surface area contributed by atoms with E-state index in [4.69, 9.17) is 14.5 Å². The standard InChI is InChI=1S/C28H32N4O5/c1-4-18-19-13-17(36-3)5-6-23(19)29-25-20(18)15-32-24(25)14-22-21(26(32)33)16-37-27(34)28(22,35)7-8-31-11-9-30(2)10-12-31/h5-6,13-14,35H,4,7-12,15-16H2,1-3H3/t28-/m0/s1. The summed E-state index contributed by atoms with van der Waals surface area (Å²) in [6, 6.07) is 7.59. The number of benzene rings is 1. The van der Waals surface area contributed by atoms with E-state index in [2.05, 4.69) is 23.8 Å². The quantitative estimate of drug-likeness (QED) is 0.412. The van der Waals surface area contributed by atoms with Gasteiger partial charge in [0.25, 0.3) is 5.56 Å². The number of hydrogen-bond acceptors (Lipinski definition) is 8. The van der Waals surface area contributed by atoms with Gasteiger partial charge in [-0.15, -0.1) is 0 Å². The van der Waals surface area contributed by atoms with E-state index < -0.39 is 11.6 Å². The molecule has 194 valence electrons. The Bertz CT molecular complexity index is 1470. The van der Waals surface area contributed by atoms with Crippen molar-refractivity contribution in [2.45, 2.75) is 38.5 Å². The summed E-state index contributed by atoms with van der Waals surface area (Å²) in [6.07, 6.45) is 0.941. The topological polar surface area (TPSA) is 97.1 Å². The fraction of sp³-hybridized carbons (Fsp3) is 0.464. The van der Waals surface area contributed by atoms with Gasteiger partial charge in [0.15, 0.2) is 5.60 Å². The molecule has 0 aliphatic carbocycles. The smallest absolute Gasteiger partial charge is 0.343 e. The van der Waals surface area contributed by atoms with Crippen molar-refractivity contribution in [1.29, 1.82) is 0 Å². The van der Waals surface area contributed by atoms with Crippen molar-refractivity contribution in [1.82, 2.24) is 19.4 Å². The maximum atomic E-state index is 13.7. The number of carbonyl (C=O) groups is 1. The summed E-state index contributed by atoms with van der Waals surface area (Å²) >= 11 is 0. The van der Waals surface area contributed by atoms with E-state index in [-0.39, 0.29) is 18.6 Å². The molecule has 1 atom stereocenters. The molecule has 0 amide bonds. The predicted octanol–water partition coefficient (Wildman–Crippen LogP) is 1.88. The Hall–Kier alpha value is -3.27. The lowest BCUT2D eigenvalue weighted by Crippen LogP contribution is -2.49. The fourth-order valence-corrected chi connectivity index (χ4v) is 5.97. The van der Waals surface area contributed by atoms with E-state index in [1.807, 2.05) is 18.2 Å². The zero-order chi connectivity index (χ0) is 25.9. The zero-order valence-corrected chi connectivity index (χ0v) is 21.5. The van der Waals surface area contributed by atoms with Crippen LogP contribution < -0.4 is 10.3 Å². The SMILES string of the molecule is CCc1c2c(nc3ccc(OC)cc13)-c1cc3c(c(=O)n1C2)COC(=O)[C@]3(O)CCN1CCN(C)CC1. The van der Waals surface area contributed by atoms with E-state index in [1.165, 1.54) is 0 Å². The van der Waals surface area contributed by atoms with Crippen LogP contribution in [0.2, 0.25) is 0 Å². The number of esters is 1. The molecular weight excluding hydrogens is 472 g/mol. The van der Waals surface area contributed by atoms with Crippen molar-refractivity contribution in [3.63, 3.8) is 0 Å². The van der Waals surface area contributed by atoms with E-state index in [0.29, 0.717) is 29.9 Å². The lowest BCUT2D eigenvalue weighted by molar-refractivity contribution is -0.173. The number of aryl methyl sites for hydroxylation is 1. The number of nitrogens with zero attached hydrogens (tertiary/aromatic N) is 4. The third-order valence-electron chi connectivity index (χ3n) is 8.24. The highest BCUT2D eigenvalue weighted by atomic mass is 16.6. The number of ether oxygens (including phenoxy) is 2. The van der Waals surface area contributed by atoms with Crippen molar-refractivity contribution in [3.8, 4) is 17.1 Å². The zero-order valence-electron chi connectivity index (χ0n) is 21.5. The summed E-state index contributed by atoms with van der Waals surface area (Å²) in [5, 5.41) is 12.7. The van der Waals surface area contributed by atoms with Gasteiger partial charge in [0.05, 0.1) is 36.1 Å².